The van der Waals surface area contributed by atoms with Gasteiger partial charge in [-0.25, -0.2) is 4.98 Å². The summed E-state index contributed by atoms with van der Waals surface area (Å²) in [5.74, 6) is 0.633. The number of pyridine rings is 1. The van der Waals surface area contributed by atoms with Crippen LogP contribution in [0.4, 0.5) is 0 Å². The highest BCUT2D eigenvalue weighted by molar-refractivity contribution is 6.63. The predicted molar refractivity (Wildman–Crippen MR) is 110 cm³/mol. The molecule has 1 aromatic heterocycles. The zero-order valence-corrected chi connectivity index (χ0v) is 17.7. The first kappa shape index (κ1) is 20.7. The molecule has 0 unspecified atom stereocenters. The summed E-state index contributed by atoms with van der Waals surface area (Å²) < 4.78 is 24.6. The highest BCUT2D eigenvalue weighted by Crippen LogP contribution is 2.37. The normalized spacial score (nSPS) is 22.1. The van der Waals surface area contributed by atoms with Crippen molar-refractivity contribution < 1.29 is 18.7 Å². The van der Waals surface area contributed by atoms with Gasteiger partial charge in [0.15, 0.2) is 0 Å². The molecular weight excluding hydrogens is 340 g/mol. The van der Waals surface area contributed by atoms with Gasteiger partial charge in [0.2, 0.25) is 5.88 Å². The third-order valence-corrected chi connectivity index (χ3v) is 5.86. The Labute approximate surface area is 164 Å². The van der Waals surface area contributed by atoms with Gasteiger partial charge in [-0.15, -0.1) is 0 Å². The van der Waals surface area contributed by atoms with E-state index in [0.29, 0.717) is 12.5 Å². The highest BCUT2D eigenvalue weighted by Gasteiger charge is 2.52. The van der Waals surface area contributed by atoms with Crippen molar-refractivity contribution in [2.24, 2.45) is 0 Å². The van der Waals surface area contributed by atoms with Crippen molar-refractivity contribution in [3.63, 3.8) is 0 Å². The van der Waals surface area contributed by atoms with Gasteiger partial charge in [-0.05, 0) is 58.9 Å². The standard InChI is InChI=1S/C20H33B2NO4/c1-19(2)20(3,4)27-22(26-19)17-12-15(14-24-21(5)6)13-23-18(17)25-16-10-8-7-9-11-16/h12-13,16H,7-11,14H2,1-6H3. The molecule has 0 atom stereocenters. The van der Waals surface area contributed by atoms with Gasteiger partial charge >= 0.3 is 7.12 Å². The Kier molecular flexibility index (Phi) is 6.24. The van der Waals surface area contributed by atoms with Crippen molar-refractivity contribution in [2.45, 2.75) is 97.4 Å². The lowest BCUT2D eigenvalue weighted by molar-refractivity contribution is 0.00578. The van der Waals surface area contributed by atoms with Crippen LogP contribution in [0.3, 0.4) is 0 Å². The van der Waals surface area contributed by atoms with Crippen molar-refractivity contribution in [2.75, 3.05) is 0 Å². The van der Waals surface area contributed by atoms with Crippen molar-refractivity contribution in [1.29, 1.82) is 0 Å². The molecular formula is C20H33B2NO4. The van der Waals surface area contributed by atoms with Crippen LogP contribution in [0.2, 0.25) is 13.6 Å². The molecule has 1 saturated heterocycles. The van der Waals surface area contributed by atoms with Crippen LogP contribution in [-0.2, 0) is 20.6 Å². The molecule has 2 heterocycles. The molecule has 2 fully saturated rings. The monoisotopic (exact) mass is 373 g/mol. The Hall–Kier alpha value is -1.04. The average molecular weight is 373 g/mol. The van der Waals surface area contributed by atoms with E-state index in [0.717, 1.165) is 23.9 Å². The third-order valence-electron chi connectivity index (χ3n) is 5.86. The van der Waals surface area contributed by atoms with E-state index in [2.05, 4.69) is 38.7 Å². The van der Waals surface area contributed by atoms with Gasteiger partial charge in [0.1, 0.15) is 6.10 Å². The van der Waals surface area contributed by atoms with Crippen LogP contribution < -0.4 is 10.2 Å². The number of hydrogen-bond acceptors (Lipinski definition) is 5. The summed E-state index contributed by atoms with van der Waals surface area (Å²) in [7, 11) is -0.486. The molecule has 0 amide bonds. The summed E-state index contributed by atoms with van der Waals surface area (Å²) in [6.45, 7) is 13.0. The maximum absolute atomic E-state index is 6.30. The van der Waals surface area contributed by atoms with Gasteiger partial charge < -0.3 is 18.7 Å². The third kappa shape index (κ3) is 4.87. The van der Waals surface area contributed by atoms with Gasteiger partial charge in [-0.3, -0.25) is 0 Å². The first-order chi connectivity index (χ1) is 12.7. The molecule has 5 nitrogen and oxygen atoms in total. The Morgan fingerprint density at radius 2 is 1.74 bits per heavy atom. The van der Waals surface area contributed by atoms with E-state index in [-0.39, 0.29) is 13.0 Å². The molecule has 0 N–H and O–H groups in total. The Balaban J connectivity index is 1.86. The minimum Gasteiger partial charge on any atom is -0.475 e. The van der Waals surface area contributed by atoms with Crippen LogP contribution in [0.25, 0.3) is 0 Å². The predicted octanol–water partition coefficient (Wildman–Crippen LogP) is 3.86. The second-order valence-corrected chi connectivity index (χ2v) is 9.06. The molecule has 1 aromatic rings. The van der Waals surface area contributed by atoms with Gasteiger partial charge in [0, 0.05) is 11.7 Å². The zero-order chi connectivity index (χ0) is 19.7. The van der Waals surface area contributed by atoms with Crippen molar-refractivity contribution in [3.8, 4) is 5.88 Å². The van der Waals surface area contributed by atoms with Crippen molar-refractivity contribution >= 4 is 19.5 Å². The van der Waals surface area contributed by atoms with E-state index in [4.69, 9.17) is 18.7 Å². The second kappa shape index (κ2) is 8.14. The average Bonchev–Trinajstić information content (AvgIpc) is 2.82. The summed E-state index contributed by atoms with van der Waals surface area (Å²) in [5, 5.41) is 0. The van der Waals surface area contributed by atoms with Gasteiger partial charge in [-0.1, -0.05) is 26.1 Å². The van der Waals surface area contributed by atoms with Gasteiger partial charge in [0.25, 0.3) is 6.92 Å². The van der Waals surface area contributed by atoms with E-state index < -0.39 is 18.3 Å². The number of aromatic nitrogens is 1. The fourth-order valence-corrected chi connectivity index (χ4v) is 3.43. The summed E-state index contributed by atoms with van der Waals surface area (Å²) in [6.07, 6.45) is 7.97. The number of ether oxygens (including phenoxy) is 1. The topological polar surface area (TPSA) is 49.8 Å². The molecule has 0 bridgehead atoms. The minimum atomic E-state index is -0.486. The fourth-order valence-electron chi connectivity index (χ4n) is 3.43. The van der Waals surface area contributed by atoms with Crippen LogP contribution in [0, 0.1) is 0 Å². The second-order valence-electron chi connectivity index (χ2n) is 9.06. The maximum atomic E-state index is 6.30. The van der Waals surface area contributed by atoms with E-state index in [1.807, 2.05) is 19.8 Å². The lowest BCUT2D eigenvalue weighted by Gasteiger charge is -2.32. The Bertz CT molecular complexity index is 629. The van der Waals surface area contributed by atoms with Crippen LogP contribution in [0.5, 0.6) is 5.88 Å². The molecule has 1 aliphatic heterocycles. The van der Waals surface area contributed by atoms with Crippen LogP contribution >= 0.6 is 0 Å². The Morgan fingerprint density at radius 3 is 2.33 bits per heavy atom. The summed E-state index contributed by atoms with van der Waals surface area (Å²) in [4.78, 5) is 4.63. The summed E-state index contributed by atoms with van der Waals surface area (Å²) >= 11 is 0. The summed E-state index contributed by atoms with van der Waals surface area (Å²) in [5.41, 5.74) is 1.07. The van der Waals surface area contributed by atoms with Crippen molar-refractivity contribution in [3.05, 3.63) is 17.8 Å². The molecule has 7 heteroatoms. The molecule has 1 aliphatic carbocycles. The SMILES string of the molecule is CB(C)OCc1cnc(OC2CCCCC2)c(B2OC(C)(C)C(C)(C)O2)c1. The van der Waals surface area contributed by atoms with Gasteiger partial charge in [-0.2, -0.15) is 0 Å². The molecule has 0 radical (unpaired) electrons. The van der Waals surface area contributed by atoms with Crippen molar-refractivity contribution in [1.82, 2.24) is 4.98 Å². The maximum Gasteiger partial charge on any atom is 0.500 e. The van der Waals surface area contributed by atoms with E-state index in [1.54, 1.807) is 0 Å². The van der Waals surface area contributed by atoms with E-state index in [9.17, 15) is 0 Å². The number of nitrogens with zero attached hydrogens (tertiary/aromatic N) is 1. The molecule has 27 heavy (non-hydrogen) atoms. The molecule has 3 rings (SSSR count). The largest absolute Gasteiger partial charge is 0.500 e. The van der Waals surface area contributed by atoms with E-state index >= 15 is 0 Å². The smallest absolute Gasteiger partial charge is 0.475 e. The molecule has 148 valence electrons. The first-order valence-electron chi connectivity index (χ1n) is 10.3. The number of rotatable bonds is 6. The highest BCUT2D eigenvalue weighted by atomic mass is 16.7. The lowest BCUT2D eigenvalue weighted by Crippen LogP contribution is -2.41. The summed E-state index contributed by atoms with van der Waals surface area (Å²) in [6, 6.07) is 2.07. The number of hydrogen-bond donors (Lipinski definition) is 0. The molecule has 1 saturated carbocycles. The van der Waals surface area contributed by atoms with Gasteiger partial charge in [0.05, 0.1) is 17.8 Å². The first-order valence-corrected chi connectivity index (χ1v) is 10.3. The quantitative estimate of drug-likeness (QED) is 0.709. The van der Waals surface area contributed by atoms with E-state index in [1.165, 1.54) is 19.3 Å². The van der Waals surface area contributed by atoms with Crippen LogP contribution in [-0.4, -0.2) is 36.3 Å². The minimum absolute atomic E-state index is 0.170. The zero-order valence-electron chi connectivity index (χ0n) is 17.7. The molecule has 2 aliphatic rings. The Morgan fingerprint density at radius 1 is 1.11 bits per heavy atom. The lowest BCUT2D eigenvalue weighted by atomic mass is 9.75. The van der Waals surface area contributed by atoms with Crippen LogP contribution in [0.1, 0.15) is 65.4 Å². The molecule has 0 spiro atoms. The van der Waals surface area contributed by atoms with Crippen LogP contribution in [0.15, 0.2) is 12.3 Å². The fraction of sp³-hybridized carbons (Fsp3) is 0.750. The molecule has 0 aromatic carbocycles.